The smallest absolute Gasteiger partial charge is 0.298 e. The summed E-state index contributed by atoms with van der Waals surface area (Å²) in [6.45, 7) is 3.05. The predicted octanol–water partition coefficient (Wildman–Crippen LogP) is 2.40. The third-order valence-corrected chi connectivity index (χ3v) is 3.01. The van der Waals surface area contributed by atoms with Gasteiger partial charge < -0.3 is 15.1 Å². The third kappa shape index (κ3) is 1.41. The van der Waals surface area contributed by atoms with Crippen LogP contribution >= 0.6 is 0 Å². The van der Waals surface area contributed by atoms with Gasteiger partial charge in [-0.2, -0.15) is 4.98 Å². The molecule has 16 heavy (non-hydrogen) atoms. The predicted molar refractivity (Wildman–Crippen MR) is 64.5 cm³/mol. The minimum absolute atomic E-state index is 0.610. The molecular weight excluding hydrogens is 202 g/mol. The van der Waals surface area contributed by atoms with Crippen molar-refractivity contribution >= 4 is 22.8 Å². The molecule has 2 aromatic rings. The highest BCUT2D eigenvalue weighted by atomic mass is 16.4. The fourth-order valence-corrected chi connectivity index (χ4v) is 2.02. The first-order valence-electron chi connectivity index (χ1n) is 5.71. The standard InChI is InChI=1S/C12H15N3O/c1-2-15(8-6-7-8)12-14-11-9(13)4-3-5-10(11)16-12/h3-5,8H,2,6-7,13H2,1H3. The van der Waals surface area contributed by atoms with E-state index in [1.807, 2.05) is 18.2 Å². The van der Waals surface area contributed by atoms with Crippen LogP contribution in [-0.2, 0) is 0 Å². The molecule has 0 unspecified atom stereocenters. The van der Waals surface area contributed by atoms with Crippen molar-refractivity contribution in [1.29, 1.82) is 0 Å². The summed E-state index contributed by atoms with van der Waals surface area (Å²) in [6.07, 6.45) is 2.48. The lowest BCUT2D eigenvalue weighted by atomic mass is 10.3. The van der Waals surface area contributed by atoms with E-state index in [-0.39, 0.29) is 0 Å². The molecule has 0 amide bonds. The first-order chi connectivity index (χ1) is 7.79. The van der Waals surface area contributed by atoms with Crippen LogP contribution in [-0.4, -0.2) is 17.6 Å². The number of nitrogen functional groups attached to an aromatic ring is 1. The first kappa shape index (κ1) is 9.51. The maximum absolute atomic E-state index is 5.86. The highest BCUT2D eigenvalue weighted by molar-refractivity contribution is 5.86. The quantitative estimate of drug-likeness (QED) is 0.802. The van der Waals surface area contributed by atoms with Gasteiger partial charge in [-0.25, -0.2) is 0 Å². The van der Waals surface area contributed by atoms with Crippen LogP contribution < -0.4 is 10.6 Å². The van der Waals surface area contributed by atoms with E-state index >= 15 is 0 Å². The highest BCUT2D eigenvalue weighted by Crippen LogP contribution is 2.33. The molecule has 1 fully saturated rings. The van der Waals surface area contributed by atoms with Crippen molar-refractivity contribution in [2.24, 2.45) is 0 Å². The zero-order valence-electron chi connectivity index (χ0n) is 9.31. The Morgan fingerprint density at radius 1 is 1.50 bits per heavy atom. The molecule has 3 rings (SSSR count). The topological polar surface area (TPSA) is 55.3 Å². The van der Waals surface area contributed by atoms with Crippen molar-refractivity contribution in [3.05, 3.63) is 18.2 Å². The Kier molecular flexibility index (Phi) is 2.02. The van der Waals surface area contributed by atoms with Crippen molar-refractivity contribution < 1.29 is 4.42 Å². The van der Waals surface area contributed by atoms with Crippen molar-refractivity contribution in [3.63, 3.8) is 0 Å². The highest BCUT2D eigenvalue weighted by Gasteiger charge is 2.31. The van der Waals surface area contributed by atoms with Crippen LogP contribution in [0.4, 0.5) is 11.7 Å². The number of benzene rings is 1. The first-order valence-corrected chi connectivity index (χ1v) is 5.71. The Morgan fingerprint density at radius 3 is 2.94 bits per heavy atom. The van der Waals surface area contributed by atoms with Gasteiger partial charge in [0.05, 0.1) is 5.69 Å². The van der Waals surface area contributed by atoms with Crippen LogP contribution in [0.2, 0.25) is 0 Å². The lowest BCUT2D eigenvalue weighted by molar-refractivity contribution is 0.569. The lowest BCUT2D eigenvalue weighted by Gasteiger charge is -2.16. The van der Waals surface area contributed by atoms with Gasteiger partial charge >= 0.3 is 0 Å². The van der Waals surface area contributed by atoms with Crippen LogP contribution in [0.5, 0.6) is 0 Å². The summed E-state index contributed by atoms with van der Waals surface area (Å²) >= 11 is 0. The molecule has 1 aromatic heterocycles. The average molecular weight is 217 g/mol. The molecule has 0 saturated heterocycles. The van der Waals surface area contributed by atoms with Gasteiger partial charge in [0.15, 0.2) is 5.58 Å². The number of oxazole rings is 1. The number of para-hydroxylation sites is 1. The van der Waals surface area contributed by atoms with E-state index in [9.17, 15) is 0 Å². The number of hydrogen-bond donors (Lipinski definition) is 1. The van der Waals surface area contributed by atoms with Crippen LogP contribution in [0, 0.1) is 0 Å². The molecule has 84 valence electrons. The second-order valence-electron chi connectivity index (χ2n) is 4.21. The maximum Gasteiger partial charge on any atom is 0.298 e. The molecular formula is C12H15N3O. The Morgan fingerprint density at radius 2 is 2.31 bits per heavy atom. The third-order valence-electron chi connectivity index (χ3n) is 3.01. The summed E-state index contributed by atoms with van der Waals surface area (Å²) < 4.78 is 5.74. The molecule has 0 bridgehead atoms. The molecule has 0 atom stereocenters. The molecule has 0 aliphatic heterocycles. The Hall–Kier alpha value is -1.71. The molecule has 0 radical (unpaired) electrons. The SMILES string of the molecule is CCN(c1nc2c(N)cccc2o1)C1CC1. The second-order valence-corrected chi connectivity index (χ2v) is 4.21. The van der Waals surface area contributed by atoms with Crippen LogP contribution in [0.3, 0.4) is 0 Å². The van der Waals surface area contributed by atoms with Crippen LogP contribution in [0.15, 0.2) is 22.6 Å². The van der Waals surface area contributed by atoms with Gasteiger partial charge in [-0.05, 0) is 31.9 Å². The normalized spacial score (nSPS) is 15.6. The van der Waals surface area contributed by atoms with E-state index in [0.29, 0.717) is 17.7 Å². The summed E-state index contributed by atoms with van der Waals surface area (Å²) in [5.74, 6) is 0. The van der Waals surface area contributed by atoms with Crippen molar-refractivity contribution in [1.82, 2.24) is 4.98 Å². The molecule has 1 saturated carbocycles. The van der Waals surface area contributed by atoms with Gasteiger partial charge in [0, 0.05) is 12.6 Å². The van der Waals surface area contributed by atoms with Crippen molar-refractivity contribution in [3.8, 4) is 0 Å². The Bertz CT molecular complexity index is 516. The molecule has 1 aromatic carbocycles. The number of fused-ring (bicyclic) bond motifs is 1. The molecule has 2 N–H and O–H groups in total. The monoisotopic (exact) mass is 217 g/mol. The summed E-state index contributed by atoms with van der Waals surface area (Å²) in [6, 6.07) is 6.96. The van der Waals surface area contributed by atoms with E-state index in [1.165, 1.54) is 12.8 Å². The minimum atomic E-state index is 0.610. The Labute approximate surface area is 94.0 Å². The minimum Gasteiger partial charge on any atom is -0.423 e. The van der Waals surface area contributed by atoms with Gasteiger partial charge in [0.25, 0.3) is 6.01 Å². The maximum atomic E-state index is 5.86. The molecule has 1 aliphatic carbocycles. The van der Waals surface area contributed by atoms with Crippen LogP contribution in [0.1, 0.15) is 19.8 Å². The summed E-state index contributed by atoms with van der Waals surface area (Å²) in [5, 5.41) is 0. The number of aromatic nitrogens is 1. The Balaban J connectivity index is 2.06. The summed E-state index contributed by atoms with van der Waals surface area (Å²) in [4.78, 5) is 6.69. The lowest BCUT2D eigenvalue weighted by Crippen LogP contribution is -2.25. The van der Waals surface area contributed by atoms with E-state index in [4.69, 9.17) is 10.2 Å². The largest absolute Gasteiger partial charge is 0.423 e. The number of nitrogens with zero attached hydrogens (tertiary/aromatic N) is 2. The van der Waals surface area contributed by atoms with E-state index < -0.39 is 0 Å². The van der Waals surface area contributed by atoms with Crippen molar-refractivity contribution in [2.45, 2.75) is 25.8 Å². The van der Waals surface area contributed by atoms with Crippen molar-refractivity contribution in [2.75, 3.05) is 17.2 Å². The molecule has 4 nitrogen and oxygen atoms in total. The summed E-state index contributed by atoms with van der Waals surface area (Å²) in [5.41, 5.74) is 8.09. The van der Waals surface area contributed by atoms with E-state index in [1.54, 1.807) is 0 Å². The van der Waals surface area contributed by atoms with Gasteiger partial charge in [-0.1, -0.05) is 6.07 Å². The van der Waals surface area contributed by atoms with Gasteiger partial charge in [0.1, 0.15) is 5.52 Å². The second kappa shape index (κ2) is 3.40. The van der Waals surface area contributed by atoms with E-state index in [2.05, 4.69) is 16.8 Å². The molecule has 1 heterocycles. The van der Waals surface area contributed by atoms with Gasteiger partial charge in [-0.15, -0.1) is 0 Å². The number of rotatable bonds is 3. The average Bonchev–Trinajstić information content (AvgIpc) is 2.99. The summed E-state index contributed by atoms with van der Waals surface area (Å²) in [7, 11) is 0. The van der Waals surface area contributed by atoms with E-state index in [0.717, 1.165) is 17.6 Å². The number of anilines is 2. The zero-order valence-corrected chi connectivity index (χ0v) is 9.31. The number of hydrogen-bond acceptors (Lipinski definition) is 4. The van der Waals surface area contributed by atoms with Crippen LogP contribution in [0.25, 0.3) is 11.1 Å². The van der Waals surface area contributed by atoms with Gasteiger partial charge in [-0.3, -0.25) is 0 Å². The molecule has 0 spiro atoms. The fraction of sp³-hybridized carbons (Fsp3) is 0.417. The van der Waals surface area contributed by atoms with Gasteiger partial charge in [0.2, 0.25) is 0 Å². The zero-order chi connectivity index (χ0) is 11.1. The molecule has 1 aliphatic rings. The number of nitrogens with two attached hydrogens (primary N) is 1. The fourth-order valence-electron chi connectivity index (χ4n) is 2.02. The molecule has 4 heteroatoms.